The second-order valence-electron chi connectivity index (χ2n) is 4.92. The van der Waals surface area contributed by atoms with Crippen LogP contribution in [0.3, 0.4) is 0 Å². The summed E-state index contributed by atoms with van der Waals surface area (Å²) in [6.07, 6.45) is 2.30. The van der Waals surface area contributed by atoms with Gasteiger partial charge in [0.25, 0.3) is 0 Å². The van der Waals surface area contributed by atoms with E-state index < -0.39 is 0 Å². The van der Waals surface area contributed by atoms with Gasteiger partial charge in [-0.05, 0) is 56.1 Å². The Morgan fingerprint density at radius 2 is 2.05 bits per heavy atom. The van der Waals surface area contributed by atoms with Gasteiger partial charge in [-0.3, -0.25) is 4.90 Å². The highest BCUT2D eigenvalue weighted by Gasteiger charge is 2.18. The second kappa shape index (κ2) is 7.68. The van der Waals surface area contributed by atoms with Crippen LogP contribution < -0.4 is 10.5 Å². The predicted octanol–water partition coefficient (Wildman–Crippen LogP) is 2.43. The van der Waals surface area contributed by atoms with Gasteiger partial charge in [0.1, 0.15) is 0 Å². The minimum Gasteiger partial charge on any atom is -0.494 e. The maximum Gasteiger partial charge on any atom is 0.165 e. The van der Waals surface area contributed by atoms with E-state index >= 15 is 0 Å². The molecule has 2 N–H and O–H groups in total. The third-order valence-corrected chi connectivity index (χ3v) is 3.66. The van der Waals surface area contributed by atoms with Crippen molar-refractivity contribution in [2.24, 2.45) is 11.7 Å². The lowest BCUT2D eigenvalue weighted by Crippen LogP contribution is -2.35. The third kappa shape index (κ3) is 4.34. The Bertz CT molecular complexity index is 395. The Morgan fingerprint density at radius 1 is 1.37 bits per heavy atom. The summed E-state index contributed by atoms with van der Waals surface area (Å²) in [6, 6.07) is 5.18. The molecule has 0 spiro atoms. The van der Waals surface area contributed by atoms with Crippen molar-refractivity contribution in [3.8, 4) is 5.75 Å². The van der Waals surface area contributed by atoms with Crippen molar-refractivity contribution in [2.75, 3.05) is 26.7 Å². The molecule has 0 aromatic heterocycles. The highest BCUT2D eigenvalue weighted by molar-refractivity contribution is 5.85. The van der Waals surface area contributed by atoms with E-state index in [0.717, 1.165) is 44.6 Å². The van der Waals surface area contributed by atoms with Crippen LogP contribution >= 0.6 is 12.4 Å². The van der Waals surface area contributed by atoms with Crippen LogP contribution in [0.25, 0.3) is 0 Å². The van der Waals surface area contributed by atoms with Crippen molar-refractivity contribution in [1.29, 1.82) is 0 Å². The van der Waals surface area contributed by atoms with E-state index in [1.54, 1.807) is 12.1 Å². The number of hydrogen-bond acceptors (Lipinski definition) is 3. The molecule has 0 aliphatic carbocycles. The number of rotatable bonds is 4. The number of methoxy groups -OCH3 is 1. The minimum atomic E-state index is -0.285. The first-order chi connectivity index (χ1) is 8.72. The zero-order valence-corrected chi connectivity index (χ0v) is 12.1. The molecule has 1 fully saturated rings. The molecular weight excluding hydrogens is 267 g/mol. The molecule has 108 valence electrons. The minimum absolute atomic E-state index is 0. The van der Waals surface area contributed by atoms with Gasteiger partial charge >= 0.3 is 0 Å². The second-order valence-corrected chi connectivity index (χ2v) is 4.92. The first-order valence-electron chi connectivity index (χ1n) is 6.47. The van der Waals surface area contributed by atoms with Gasteiger partial charge < -0.3 is 10.5 Å². The van der Waals surface area contributed by atoms with E-state index in [-0.39, 0.29) is 18.2 Å². The molecule has 5 heteroatoms. The van der Waals surface area contributed by atoms with Gasteiger partial charge in [-0.15, -0.1) is 12.4 Å². The topological polar surface area (TPSA) is 38.5 Å². The number of nitrogens with zero attached hydrogens (tertiary/aromatic N) is 1. The highest BCUT2D eigenvalue weighted by Crippen LogP contribution is 2.21. The van der Waals surface area contributed by atoms with Crippen LogP contribution in [0.1, 0.15) is 18.4 Å². The standard InChI is InChI=1S/C14H21FN2O.ClH/c1-18-14-3-2-12(8-13(14)15)10-17-6-4-11(9-16)5-7-17;/h2-3,8,11H,4-7,9-10,16H2,1H3;1H. The number of benzene rings is 1. The summed E-state index contributed by atoms with van der Waals surface area (Å²) < 4.78 is 18.5. The molecule has 1 saturated heterocycles. The molecule has 1 aromatic rings. The van der Waals surface area contributed by atoms with Gasteiger partial charge in [-0.1, -0.05) is 6.07 Å². The first-order valence-corrected chi connectivity index (χ1v) is 6.47. The molecule has 1 aromatic carbocycles. The number of piperidine rings is 1. The lowest BCUT2D eigenvalue weighted by molar-refractivity contribution is 0.180. The van der Waals surface area contributed by atoms with E-state index in [1.807, 2.05) is 6.07 Å². The summed E-state index contributed by atoms with van der Waals surface area (Å²) in [6.45, 7) is 3.69. The quantitative estimate of drug-likeness (QED) is 0.925. The highest BCUT2D eigenvalue weighted by atomic mass is 35.5. The average molecular weight is 289 g/mol. The van der Waals surface area contributed by atoms with Crippen LogP contribution in [0, 0.1) is 11.7 Å². The summed E-state index contributed by atoms with van der Waals surface area (Å²) in [5.74, 6) is 0.682. The number of halogens is 2. The van der Waals surface area contributed by atoms with Crippen molar-refractivity contribution in [3.63, 3.8) is 0 Å². The monoisotopic (exact) mass is 288 g/mol. The summed E-state index contributed by atoms with van der Waals surface area (Å²) in [7, 11) is 1.48. The molecule has 0 unspecified atom stereocenters. The molecule has 0 radical (unpaired) electrons. The normalized spacial score (nSPS) is 17.0. The fourth-order valence-corrected chi connectivity index (χ4v) is 2.45. The van der Waals surface area contributed by atoms with Gasteiger partial charge in [0.15, 0.2) is 11.6 Å². The van der Waals surface area contributed by atoms with Crippen LogP contribution in [0.15, 0.2) is 18.2 Å². The Hall–Kier alpha value is -0.840. The van der Waals surface area contributed by atoms with Crippen molar-refractivity contribution in [2.45, 2.75) is 19.4 Å². The van der Waals surface area contributed by atoms with Crippen LogP contribution in [0.5, 0.6) is 5.75 Å². The van der Waals surface area contributed by atoms with Crippen LogP contribution in [0.4, 0.5) is 4.39 Å². The van der Waals surface area contributed by atoms with Crippen molar-refractivity contribution in [3.05, 3.63) is 29.6 Å². The van der Waals surface area contributed by atoms with Crippen LogP contribution in [0.2, 0.25) is 0 Å². The molecule has 1 aliphatic heterocycles. The molecule has 0 bridgehead atoms. The number of nitrogens with two attached hydrogens (primary N) is 1. The SMILES string of the molecule is COc1ccc(CN2CCC(CN)CC2)cc1F.Cl. The fourth-order valence-electron chi connectivity index (χ4n) is 2.45. The lowest BCUT2D eigenvalue weighted by atomic mass is 9.97. The van der Waals surface area contributed by atoms with Gasteiger partial charge in [-0.2, -0.15) is 0 Å². The van der Waals surface area contributed by atoms with E-state index in [4.69, 9.17) is 10.5 Å². The zero-order chi connectivity index (χ0) is 13.0. The summed E-state index contributed by atoms with van der Waals surface area (Å²) in [5, 5.41) is 0. The molecule has 1 aliphatic rings. The smallest absolute Gasteiger partial charge is 0.165 e. The Labute approximate surface area is 120 Å². The number of hydrogen-bond donors (Lipinski definition) is 1. The summed E-state index contributed by atoms with van der Waals surface area (Å²) in [4.78, 5) is 2.35. The van der Waals surface area contributed by atoms with Crippen molar-refractivity contribution in [1.82, 2.24) is 4.90 Å². The maximum absolute atomic E-state index is 13.6. The maximum atomic E-state index is 13.6. The Kier molecular flexibility index (Phi) is 6.55. The van der Waals surface area contributed by atoms with E-state index in [0.29, 0.717) is 11.7 Å². The third-order valence-electron chi connectivity index (χ3n) is 3.66. The molecule has 3 nitrogen and oxygen atoms in total. The van der Waals surface area contributed by atoms with Crippen molar-refractivity contribution < 1.29 is 9.13 Å². The van der Waals surface area contributed by atoms with Crippen molar-refractivity contribution >= 4 is 12.4 Å². The van der Waals surface area contributed by atoms with E-state index in [9.17, 15) is 4.39 Å². The molecule has 0 atom stereocenters. The van der Waals surface area contributed by atoms with E-state index in [1.165, 1.54) is 7.11 Å². The summed E-state index contributed by atoms with van der Waals surface area (Å²) in [5.41, 5.74) is 6.67. The fraction of sp³-hybridized carbons (Fsp3) is 0.571. The van der Waals surface area contributed by atoms with Crippen LogP contribution in [-0.2, 0) is 6.54 Å². The van der Waals surface area contributed by atoms with E-state index in [2.05, 4.69) is 4.90 Å². The number of likely N-dealkylation sites (tertiary alicyclic amines) is 1. The Morgan fingerprint density at radius 3 is 2.58 bits per heavy atom. The largest absolute Gasteiger partial charge is 0.494 e. The Balaban J connectivity index is 0.00000180. The van der Waals surface area contributed by atoms with Gasteiger partial charge in [0, 0.05) is 6.54 Å². The first kappa shape index (κ1) is 16.2. The molecule has 0 amide bonds. The molecule has 2 rings (SSSR count). The van der Waals surface area contributed by atoms with Gasteiger partial charge in [0.05, 0.1) is 7.11 Å². The predicted molar refractivity (Wildman–Crippen MR) is 77.3 cm³/mol. The van der Waals surface area contributed by atoms with Gasteiger partial charge in [0.2, 0.25) is 0 Å². The van der Waals surface area contributed by atoms with Gasteiger partial charge in [-0.25, -0.2) is 4.39 Å². The molecule has 1 heterocycles. The average Bonchev–Trinajstić information content (AvgIpc) is 2.40. The summed E-state index contributed by atoms with van der Waals surface area (Å²) >= 11 is 0. The zero-order valence-electron chi connectivity index (χ0n) is 11.3. The number of ether oxygens (including phenoxy) is 1. The molecule has 19 heavy (non-hydrogen) atoms. The lowest BCUT2D eigenvalue weighted by Gasteiger charge is -2.31. The van der Waals surface area contributed by atoms with Crippen LogP contribution in [-0.4, -0.2) is 31.6 Å². The molecule has 0 saturated carbocycles. The molecular formula is C14H22ClFN2O.